The second-order valence-electron chi connectivity index (χ2n) is 4.71. The van der Waals surface area contributed by atoms with Gasteiger partial charge in [0.05, 0.1) is 13.7 Å². The molecule has 0 saturated heterocycles. The smallest absolute Gasteiger partial charge is 0.406 e. The Balaban J connectivity index is 1.87. The van der Waals surface area contributed by atoms with Gasteiger partial charge < -0.3 is 10.1 Å². The first kappa shape index (κ1) is 14.6. The number of nitrogens with one attached hydrogen (secondary N) is 2. The van der Waals surface area contributed by atoms with E-state index in [-0.39, 0.29) is 19.4 Å². The van der Waals surface area contributed by atoms with E-state index < -0.39 is 17.6 Å². The van der Waals surface area contributed by atoms with Gasteiger partial charge in [0.15, 0.2) is 0 Å². The fraction of sp³-hybridized carbons (Fsp3) is 0.462. The van der Waals surface area contributed by atoms with Gasteiger partial charge in [-0.25, -0.2) is 0 Å². The number of hydrogen-bond acceptors (Lipinski definition) is 3. The number of benzene rings is 1. The highest BCUT2D eigenvalue weighted by Gasteiger charge is 2.63. The van der Waals surface area contributed by atoms with Crippen molar-refractivity contribution in [2.75, 3.05) is 19.0 Å². The molecular formula is C13H15F3N2O2. The molecule has 1 aliphatic rings. The van der Waals surface area contributed by atoms with Crippen molar-refractivity contribution in [3.05, 3.63) is 24.3 Å². The lowest BCUT2D eigenvalue weighted by molar-refractivity contribution is -0.165. The van der Waals surface area contributed by atoms with Gasteiger partial charge in [-0.15, -0.1) is 0 Å². The molecule has 0 spiro atoms. The summed E-state index contributed by atoms with van der Waals surface area (Å²) in [6.45, 7) is -0.378. The summed E-state index contributed by atoms with van der Waals surface area (Å²) in [4.78, 5) is 11.6. The second-order valence-corrected chi connectivity index (χ2v) is 4.71. The molecule has 1 aliphatic carbocycles. The van der Waals surface area contributed by atoms with E-state index in [4.69, 9.17) is 4.74 Å². The van der Waals surface area contributed by atoms with E-state index in [0.717, 1.165) is 0 Å². The SMILES string of the molecule is COc1cccc(NC(=O)CNC2(C(F)(F)F)CC2)c1. The monoisotopic (exact) mass is 288 g/mol. The van der Waals surface area contributed by atoms with Crippen LogP contribution in [0.15, 0.2) is 24.3 Å². The first-order chi connectivity index (χ1) is 9.36. The third-order valence-electron chi connectivity index (χ3n) is 3.23. The predicted molar refractivity (Wildman–Crippen MR) is 67.6 cm³/mol. The fourth-order valence-electron chi connectivity index (χ4n) is 1.84. The largest absolute Gasteiger partial charge is 0.497 e. The van der Waals surface area contributed by atoms with Crippen LogP contribution in [0.4, 0.5) is 18.9 Å². The molecular weight excluding hydrogens is 273 g/mol. The zero-order chi connectivity index (χ0) is 14.8. The summed E-state index contributed by atoms with van der Waals surface area (Å²) in [6, 6.07) is 6.61. The molecule has 0 unspecified atom stereocenters. The second kappa shape index (κ2) is 5.32. The zero-order valence-corrected chi connectivity index (χ0v) is 10.9. The van der Waals surface area contributed by atoms with Crippen molar-refractivity contribution >= 4 is 11.6 Å². The van der Waals surface area contributed by atoms with Crippen molar-refractivity contribution in [2.45, 2.75) is 24.6 Å². The summed E-state index contributed by atoms with van der Waals surface area (Å²) in [5, 5.41) is 4.81. The molecule has 1 fully saturated rings. The van der Waals surface area contributed by atoms with Crippen LogP contribution in [0.5, 0.6) is 5.75 Å². The minimum atomic E-state index is -4.32. The average Bonchev–Trinajstić information content (AvgIpc) is 3.17. The molecule has 4 nitrogen and oxygen atoms in total. The summed E-state index contributed by atoms with van der Waals surface area (Å²) in [5.74, 6) is 0.0403. The summed E-state index contributed by atoms with van der Waals surface area (Å²) in [7, 11) is 1.49. The van der Waals surface area contributed by atoms with Crippen LogP contribution in [-0.2, 0) is 4.79 Å². The van der Waals surface area contributed by atoms with E-state index in [1.54, 1.807) is 24.3 Å². The highest BCUT2D eigenvalue weighted by molar-refractivity contribution is 5.92. The van der Waals surface area contributed by atoms with Crippen LogP contribution in [0.3, 0.4) is 0 Å². The Morgan fingerprint density at radius 1 is 1.40 bits per heavy atom. The van der Waals surface area contributed by atoms with Crippen LogP contribution < -0.4 is 15.4 Å². The topological polar surface area (TPSA) is 50.4 Å². The van der Waals surface area contributed by atoms with E-state index in [9.17, 15) is 18.0 Å². The molecule has 0 aliphatic heterocycles. The molecule has 1 amide bonds. The van der Waals surface area contributed by atoms with Gasteiger partial charge in [0.2, 0.25) is 5.91 Å². The van der Waals surface area contributed by atoms with E-state index >= 15 is 0 Å². The number of methoxy groups -OCH3 is 1. The third-order valence-corrected chi connectivity index (χ3v) is 3.23. The minimum Gasteiger partial charge on any atom is -0.497 e. The summed E-state index contributed by atoms with van der Waals surface area (Å²) in [5.41, 5.74) is -1.40. The Morgan fingerprint density at radius 2 is 2.10 bits per heavy atom. The summed E-state index contributed by atoms with van der Waals surface area (Å²) < 4.78 is 43.0. The van der Waals surface area contributed by atoms with Crippen molar-refractivity contribution in [2.24, 2.45) is 0 Å². The molecule has 7 heteroatoms. The molecule has 1 saturated carbocycles. The van der Waals surface area contributed by atoms with E-state index in [2.05, 4.69) is 10.6 Å². The number of rotatable bonds is 5. The Hall–Kier alpha value is -1.76. The van der Waals surface area contributed by atoms with Crippen LogP contribution in [-0.4, -0.2) is 31.3 Å². The molecule has 0 radical (unpaired) electrons. The van der Waals surface area contributed by atoms with Crippen LogP contribution in [0, 0.1) is 0 Å². The van der Waals surface area contributed by atoms with Crippen LogP contribution in [0.1, 0.15) is 12.8 Å². The van der Waals surface area contributed by atoms with Gasteiger partial charge >= 0.3 is 6.18 Å². The number of halogens is 3. The number of hydrogen-bond donors (Lipinski definition) is 2. The lowest BCUT2D eigenvalue weighted by atomic mass is 10.2. The third kappa shape index (κ3) is 3.22. The Bertz CT molecular complexity index is 499. The molecule has 2 N–H and O–H groups in total. The van der Waals surface area contributed by atoms with Gasteiger partial charge in [0.1, 0.15) is 11.3 Å². The van der Waals surface area contributed by atoms with Crippen molar-refractivity contribution in [1.29, 1.82) is 0 Å². The Morgan fingerprint density at radius 3 is 2.65 bits per heavy atom. The maximum atomic E-state index is 12.7. The number of carbonyl (C=O) groups is 1. The standard InChI is InChI=1S/C13H15F3N2O2/c1-20-10-4-2-3-9(7-10)18-11(19)8-17-12(5-6-12)13(14,15)16/h2-4,7,17H,5-6,8H2,1H3,(H,18,19). The van der Waals surface area contributed by atoms with Crippen molar-refractivity contribution in [1.82, 2.24) is 5.32 Å². The summed E-state index contributed by atoms with van der Waals surface area (Å²) in [6.07, 6.45) is -4.28. The molecule has 1 aromatic rings. The van der Waals surface area contributed by atoms with Gasteiger partial charge in [-0.05, 0) is 25.0 Å². The van der Waals surface area contributed by atoms with Gasteiger partial charge in [0, 0.05) is 11.8 Å². The highest BCUT2D eigenvalue weighted by Crippen LogP contribution is 2.48. The van der Waals surface area contributed by atoms with Gasteiger partial charge in [0.25, 0.3) is 0 Å². The maximum Gasteiger partial charge on any atom is 0.406 e. The Labute approximate surface area is 114 Å². The average molecular weight is 288 g/mol. The quantitative estimate of drug-likeness (QED) is 0.874. The highest BCUT2D eigenvalue weighted by atomic mass is 19.4. The Kier molecular flexibility index (Phi) is 3.89. The van der Waals surface area contributed by atoms with Gasteiger partial charge in [-0.2, -0.15) is 13.2 Å². The number of amides is 1. The zero-order valence-electron chi connectivity index (χ0n) is 10.9. The van der Waals surface area contributed by atoms with Crippen LogP contribution in [0.25, 0.3) is 0 Å². The molecule has 0 aromatic heterocycles. The molecule has 0 atom stereocenters. The van der Waals surface area contributed by atoms with Crippen molar-refractivity contribution in [3.8, 4) is 5.75 Å². The van der Waals surface area contributed by atoms with Crippen molar-refractivity contribution < 1.29 is 22.7 Å². The van der Waals surface area contributed by atoms with Crippen molar-refractivity contribution in [3.63, 3.8) is 0 Å². The first-order valence-corrected chi connectivity index (χ1v) is 6.12. The molecule has 20 heavy (non-hydrogen) atoms. The normalized spacial score (nSPS) is 16.6. The minimum absolute atomic E-state index is 0.0168. The van der Waals surface area contributed by atoms with E-state index in [1.165, 1.54) is 7.11 Å². The van der Waals surface area contributed by atoms with Crippen LogP contribution in [0.2, 0.25) is 0 Å². The number of carbonyl (C=O) groups excluding carboxylic acids is 1. The first-order valence-electron chi connectivity index (χ1n) is 6.12. The number of anilines is 1. The predicted octanol–water partition coefficient (Wildman–Crippen LogP) is 2.32. The summed E-state index contributed by atoms with van der Waals surface area (Å²) >= 11 is 0. The maximum absolute atomic E-state index is 12.7. The van der Waals surface area contributed by atoms with E-state index in [0.29, 0.717) is 11.4 Å². The lowest BCUT2D eigenvalue weighted by Gasteiger charge is -2.20. The molecule has 110 valence electrons. The van der Waals surface area contributed by atoms with Gasteiger partial charge in [-0.3, -0.25) is 10.1 Å². The lowest BCUT2D eigenvalue weighted by Crippen LogP contribution is -2.47. The number of alkyl halides is 3. The molecule has 0 heterocycles. The van der Waals surface area contributed by atoms with Crippen LogP contribution >= 0.6 is 0 Å². The van der Waals surface area contributed by atoms with Gasteiger partial charge in [-0.1, -0.05) is 6.07 Å². The molecule has 1 aromatic carbocycles. The number of ether oxygens (including phenoxy) is 1. The fourth-order valence-corrected chi connectivity index (χ4v) is 1.84. The van der Waals surface area contributed by atoms with E-state index in [1.807, 2.05) is 0 Å². The molecule has 2 rings (SSSR count). The molecule has 0 bridgehead atoms.